The summed E-state index contributed by atoms with van der Waals surface area (Å²) in [6, 6.07) is 4.38. The van der Waals surface area contributed by atoms with Crippen LogP contribution in [0.5, 0.6) is 0 Å². The molecule has 1 saturated heterocycles. The third kappa shape index (κ3) is 3.42. The molecule has 5 heteroatoms. The Morgan fingerprint density at radius 1 is 1.53 bits per heavy atom. The Morgan fingerprint density at radius 2 is 2.32 bits per heavy atom. The number of pyridine rings is 1. The van der Waals surface area contributed by atoms with E-state index in [4.69, 9.17) is 18.0 Å². The van der Waals surface area contributed by atoms with E-state index in [1.54, 1.807) is 6.20 Å². The maximum absolute atomic E-state index is 5.71. The average molecular weight is 278 g/mol. The monoisotopic (exact) mass is 278 g/mol. The highest BCUT2D eigenvalue weighted by molar-refractivity contribution is 7.80. The van der Waals surface area contributed by atoms with Crippen LogP contribution in [0.25, 0.3) is 0 Å². The molecule has 1 aromatic rings. The van der Waals surface area contributed by atoms with Crippen LogP contribution in [0.3, 0.4) is 0 Å². The first-order valence-electron chi connectivity index (χ1n) is 6.83. The van der Waals surface area contributed by atoms with Crippen LogP contribution in [0.1, 0.15) is 25.3 Å². The third-order valence-corrected chi connectivity index (χ3v) is 3.93. The number of thiocarbonyl (C=S) groups is 1. The van der Waals surface area contributed by atoms with Crippen LogP contribution in [-0.4, -0.2) is 47.6 Å². The highest BCUT2D eigenvalue weighted by atomic mass is 32.1. The van der Waals surface area contributed by atoms with Crippen LogP contribution < -0.4 is 10.6 Å². The summed E-state index contributed by atoms with van der Waals surface area (Å²) in [7, 11) is 2.19. The minimum atomic E-state index is 0.434. The molecular formula is C14H22N4S. The molecule has 0 bridgehead atoms. The predicted octanol–water partition coefficient (Wildman–Crippen LogP) is 1.64. The minimum Gasteiger partial charge on any atom is -0.389 e. The zero-order chi connectivity index (χ0) is 13.8. The smallest absolute Gasteiger partial charge is 0.129 e. The maximum atomic E-state index is 5.71. The normalized spacial score (nSPS) is 21.2. The van der Waals surface area contributed by atoms with Gasteiger partial charge in [-0.1, -0.05) is 19.1 Å². The van der Waals surface area contributed by atoms with E-state index in [0.29, 0.717) is 11.0 Å². The number of nitrogens with two attached hydrogens (primary N) is 1. The highest BCUT2D eigenvalue weighted by Crippen LogP contribution is 2.20. The summed E-state index contributed by atoms with van der Waals surface area (Å²) >= 11 is 5.05. The Bertz CT molecular complexity index is 449. The summed E-state index contributed by atoms with van der Waals surface area (Å²) in [5.41, 5.74) is 6.60. The highest BCUT2D eigenvalue weighted by Gasteiger charge is 2.23. The molecule has 19 heavy (non-hydrogen) atoms. The van der Waals surface area contributed by atoms with Crippen molar-refractivity contribution >= 4 is 23.0 Å². The molecule has 4 nitrogen and oxygen atoms in total. The quantitative estimate of drug-likeness (QED) is 0.852. The summed E-state index contributed by atoms with van der Waals surface area (Å²) < 4.78 is 0. The van der Waals surface area contributed by atoms with Gasteiger partial charge in [0.15, 0.2) is 0 Å². The summed E-state index contributed by atoms with van der Waals surface area (Å²) in [5, 5.41) is 0. The van der Waals surface area contributed by atoms with Gasteiger partial charge >= 0.3 is 0 Å². The third-order valence-electron chi connectivity index (χ3n) is 3.70. The van der Waals surface area contributed by atoms with E-state index in [1.165, 1.54) is 0 Å². The van der Waals surface area contributed by atoms with Gasteiger partial charge in [-0.2, -0.15) is 0 Å². The molecule has 0 radical (unpaired) electrons. The number of nitrogens with zero attached hydrogens (tertiary/aromatic N) is 3. The summed E-state index contributed by atoms with van der Waals surface area (Å²) in [5.74, 6) is 0.993. The van der Waals surface area contributed by atoms with Gasteiger partial charge in [-0.25, -0.2) is 4.98 Å². The Labute approximate surface area is 120 Å². The second kappa shape index (κ2) is 6.30. The van der Waals surface area contributed by atoms with E-state index in [0.717, 1.165) is 43.9 Å². The molecule has 1 unspecified atom stereocenters. The van der Waals surface area contributed by atoms with Gasteiger partial charge in [-0.3, -0.25) is 0 Å². The van der Waals surface area contributed by atoms with Gasteiger partial charge in [0.1, 0.15) is 10.8 Å². The number of likely N-dealkylation sites (N-methyl/N-ethyl adjacent to an activating group) is 1. The van der Waals surface area contributed by atoms with E-state index < -0.39 is 0 Å². The standard InChI is InChI=1S/C14H22N4S/c1-3-12-10-17(2)7-4-8-18(12)13-9-11(14(15)19)5-6-16-13/h5-6,9,12H,3-4,7-8,10H2,1-2H3,(H2,15,19). The molecule has 1 atom stereocenters. The van der Waals surface area contributed by atoms with E-state index in [9.17, 15) is 0 Å². The van der Waals surface area contributed by atoms with Crippen LogP contribution >= 0.6 is 12.2 Å². The van der Waals surface area contributed by atoms with Crippen molar-refractivity contribution in [3.63, 3.8) is 0 Å². The van der Waals surface area contributed by atoms with Crippen molar-refractivity contribution in [1.82, 2.24) is 9.88 Å². The number of aromatic nitrogens is 1. The van der Waals surface area contributed by atoms with E-state index in [2.05, 4.69) is 28.8 Å². The molecule has 2 rings (SSSR count). The van der Waals surface area contributed by atoms with Gasteiger partial charge in [0, 0.05) is 30.9 Å². The molecule has 1 aromatic heterocycles. The van der Waals surface area contributed by atoms with Crippen LogP contribution in [0.15, 0.2) is 18.3 Å². The van der Waals surface area contributed by atoms with Crippen molar-refractivity contribution in [3.05, 3.63) is 23.9 Å². The fourth-order valence-corrected chi connectivity index (χ4v) is 2.75. The molecule has 0 aliphatic carbocycles. The lowest BCUT2D eigenvalue weighted by atomic mass is 10.1. The van der Waals surface area contributed by atoms with Crippen molar-refractivity contribution in [1.29, 1.82) is 0 Å². The Morgan fingerprint density at radius 3 is 3.00 bits per heavy atom. The van der Waals surface area contributed by atoms with Crippen molar-refractivity contribution in [2.24, 2.45) is 5.73 Å². The Hall–Kier alpha value is -1.20. The summed E-state index contributed by atoms with van der Waals surface area (Å²) in [6.07, 6.45) is 4.07. The molecule has 0 saturated carbocycles. The van der Waals surface area contributed by atoms with E-state index >= 15 is 0 Å². The summed E-state index contributed by atoms with van der Waals surface area (Å²) in [6.45, 7) is 5.49. The zero-order valence-corrected chi connectivity index (χ0v) is 12.5. The second-order valence-corrected chi connectivity index (χ2v) is 5.58. The SMILES string of the molecule is CCC1CN(C)CCCN1c1cc(C(N)=S)ccn1. The first-order valence-corrected chi connectivity index (χ1v) is 7.23. The Kier molecular flexibility index (Phi) is 4.71. The Balaban J connectivity index is 2.27. The number of hydrogen-bond acceptors (Lipinski definition) is 4. The molecule has 2 N–H and O–H groups in total. The molecular weight excluding hydrogens is 256 g/mol. The number of anilines is 1. The minimum absolute atomic E-state index is 0.434. The number of rotatable bonds is 3. The van der Waals surface area contributed by atoms with Gasteiger partial charge in [-0.05, 0) is 38.6 Å². The lowest BCUT2D eigenvalue weighted by Gasteiger charge is -2.31. The van der Waals surface area contributed by atoms with E-state index in [1.807, 2.05) is 12.1 Å². The van der Waals surface area contributed by atoms with Crippen LogP contribution in [0, 0.1) is 0 Å². The van der Waals surface area contributed by atoms with Gasteiger partial charge in [-0.15, -0.1) is 0 Å². The molecule has 104 valence electrons. The van der Waals surface area contributed by atoms with Crippen molar-refractivity contribution < 1.29 is 0 Å². The fraction of sp³-hybridized carbons (Fsp3) is 0.571. The zero-order valence-electron chi connectivity index (χ0n) is 11.7. The van der Waals surface area contributed by atoms with Gasteiger partial charge < -0.3 is 15.5 Å². The van der Waals surface area contributed by atoms with Crippen LogP contribution in [-0.2, 0) is 0 Å². The maximum Gasteiger partial charge on any atom is 0.129 e. The van der Waals surface area contributed by atoms with Crippen molar-refractivity contribution in [2.45, 2.75) is 25.8 Å². The predicted molar refractivity (Wildman–Crippen MR) is 83.7 cm³/mol. The molecule has 0 aromatic carbocycles. The van der Waals surface area contributed by atoms with Gasteiger partial charge in [0.25, 0.3) is 0 Å². The lowest BCUT2D eigenvalue weighted by Crippen LogP contribution is -2.40. The molecule has 1 aliphatic rings. The number of hydrogen-bond donors (Lipinski definition) is 1. The first-order chi connectivity index (χ1) is 9.11. The topological polar surface area (TPSA) is 45.4 Å². The molecule has 0 amide bonds. The van der Waals surface area contributed by atoms with Gasteiger partial charge in [0.05, 0.1) is 0 Å². The first kappa shape index (κ1) is 14.2. The molecule has 0 spiro atoms. The molecule has 1 fully saturated rings. The van der Waals surface area contributed by atoms with E-state index in [-0.39, 0.29) is 0 Å². The lowest BCUT2D eigenvalue weighted by molar-refractivity contribution is 0.327. The van der Waals surface area contributed by atoms with Gasteiger partial charge in [0.2, 0.25) is 0 Å². The largest absolute Gasteiger partial charge is 0.389 e. The van der Waals surface area contributed by atoms with Crippen LogP contribution in [0.2, 0.25) is 0 Å². The van der Waals surface area contributed by atoms with Crippen molar-refractivity contribution in [3.8, 4) is 0 Å². The second-order valence-electron chi connectivity index (χ2n) is 5.14. The average Bonchev–Trinajstić information content (AvgIpc) is 2.60. The van der Waals surface area contributed by atoms with Crippen molar-refractivity contribution in [2.75, 3.05) is 31.6 Å². The summed E-state index contributed by atoms with van der Waals surface area (Å²) in [4.78, 5) is 9.73. The molecule has 2 heterocycles. The molecule has 1 aliphatic heterocycles. The van der Waals surface area contributed by atoms with Crippen LogP contribution in [0.4, 0.5) is 5.82 Å². The fourth-order valence-electron chi connectivity index (χ4n) is 2.62.